The first kappa shape index (κ1) is 25.0. The van der Waals surface area contributed by atoms with Crippen molar-refractivity contribution in [2.45, 2.75) is 72.6 Å². The van der Waals surface area contributed by atoms with Gasteiger partial charge < -0.3 is 23.8 Å². The zero-order chi connectivity index (χ0) is 18.7. The van der Waals surface area contributed by atoms with Crippen LogP contribution >= 0.6 is 0 Å². The van der Waals surface area contributed by atoms with Gasteiger partial charge in [0.05, 0.1) is 0 Å². The van der Waals surface area contributed by atoms with Gasteiger partial charge in [-0.1, -0.05) is 65.8 Å². The number of benzene rings is 2. The van der Waals surface area contributed by atoms with E-state index in [-0.39, 0.29) is 12.3 Å². The zero-order valence-corrected chi connectivity index (χ0v) is 18.2. The van der Waals surface area contributed by atoms with Crippen molar-refractivity contribution in [2.75, 3.05) is 11.5 Å². The van der Waals surface area contributed by atoms with Crippen LogP contribution in [-0.2, 0) is 19.3 Å². The molecule has 2 rings (SSSR count). The highest BCUT2D eigenvalue weighted by Crippen LogP contribution is 2.33. The van der Waals surface area contributed by atoms with Crippen molar-refractivity contribution < 1.29 is 0 Å². The molecule has 0 aromatic heterocycles. The third-order valence-corrected chi connectivity index (χ3v) is 5.13. The molecule has 0 aliphatic rings. The van der Waals surface area contributed by atoms with Crippen LogP contribution in [0.5, 0.6) is 0 Å². The van der Waals surface area contributed by atoms with E-state index in [0.717, 1.165) is 30.6 Å². The smallest absolute Gasteiger partial charge is 0.0384 e. The van der Waals surface area contributed by atoms with Gasteiger partial charge in [0.2, 0.25) is 0 Å². The lowest BCUT2D eigenvalue weighted by Crippen LogP contribution is -2.06. The van der Waals surface area contributed by atoms with Crippen molar-refractivity contribution in [3.05, 3.63) is 57.6 Å². The Kier molecular flexibility index (Phi) is 9.55. The van der Waals surface area contributed by atoms with E-state index in [0.29, 0.717) is 11.8 Å². The second kappa shape index (κ2) is 10.3. The molecule has 10 N–H and O–H groups in total. The molecule has 0 amide bonds. The van der Waals surface area contributed by atoms with E-state index >= 15 is 0 Å². The maximum Gasteiger partial charge on any atom is 0.0384 e. The summed E-state index contributed by atoms with van der Waals surface area (Å²) in [4.78, 5) is 0. The minimum Gasteiger partial charge on any atom is -0.398 e. The Morgan fingerprint density at radius 3 is 1.37 bits per heavy atom. The van der Waals surface area contributed by atoms with Crippen molar-refractivity contribution in [1.29, 1.82) is 0 Å². The van der Waals surface area contributed by atoms with Gasteiger partial charge in [-0.25, -0.2) is 0 Å². The van der Waals surface area contributed by atoms with E-state index in [1.165, 1.54) is 33.4 Å². The molecule has 152 valence electrons. The molecule has 0 bridgehead atoms. The summed E-state index contributed by atoms with van der Waals surface area (Å²) >= 11 is 0. The monoisotopic (exact) mass is 372 g/mol. The fourth-order valence-electron chi connectivity index (χ4n) is 3.59. The standard InChI is InChI=1S/C23H34N2.2H3N/c1-7-18-10-16(11-19(8-2)22(18)24)9-17-12-20(14(3)4)23(25)21(13-17)15(5)6;;/h10-15H,7-9,24-25H2,1-6H3;2*1H3. The molecule has 4 heteroatoms. The minimum atomic E-state index is 0. The average molecular weight is 373 g/mol. The van der Waals surface area contributed by atoms with E-state index in [4.69, 9.17) is 11.5 Å². The molecule has 27 heavy (non-hydrogen) atoms. The first-order valence-electron chi connectivity index (χ1n) is 9.60. The van der Waals surface area contributed by atoms with Gasteiger partial charge in [-0.15, -0.1) is 0 Å². The quantitative estimate of drug-likeness (QED) is 0.455. The Labute approximate surface area is 165 Å². The van der Waals surface area contributed by atoms with E-state index in [2.05, 4.69) is 65.8 Å². The van der Waals surface area contributed by atoms with Crippen molar-refractivity contribution in [3.63, 3.8) is 0 Å². The van der Waals surface area contributed by atoms with Gasteiger partial charge in [-0.05, 0) is 64.5 Å². The first-order chi connectivity index (χ1) is 11.8. The largest absolute Gasteiger partial charge is 0.398 e. The van der Waals surface area contributed by atoms with E-state index in [1.807, 2.05) is 0 Å². The number of hydrogen-bond acceptors (Lipinski definition) is 4. The SMILES string of the molecule is CCc1cc(Cc2cc(C(C)C)c(N)c(C(C)C)c2)cc(CC)c1N.N.N. The van der Waals surface area contributed by atoms with Crippen LogP contribution in [0.2, 0.25) is 0 Å². The van der Waals surface area contributed by atoms with Crippen molar-refractivity contribution in [1.82, 2.24) is 12.3 Å². The zero-order valence-electron chi connectivity index (χ0n) is 18.2. The number of aryl methyl sites for hydroxylation is 2. The van der Waals surface area contributed by atoms with E-state index in [1.54, 1.807) is 0 Å². The maximum absolute atomic E-state index is 6.44. The van der Waals surface area contributed by atoms with Crippen molar-refractivity contribution >= 4 is 11.4 Å². The second-order valence-corrected chi connectivity index (χ2v) is 7.71. The summed E-state index contributed by atoms with van der Waals surface area (Å²) in [5.41, 5.74) is 22.4. The summed E-state index contributed by atoms with van der Waals surface area (Å²) in [5, 5.41) is 0. The highest BCUT2D eigenvalue weighted by atomic mass is 14.6. The van der Waals surface area contributed by atoms with Gasteiger partial charge in [-0.3, -0.25) is 0 Å². The molecular weight excluding hydrogens is 332 g/mol. The van der Waals surface area contributed by atoms with Crippen LogP contribution < -0.4 is 23.8 Å². The molecule has 0 saturated carbocycles. The Balaban J connectivity index is 0.00000338. The van der Waals surface area contributed by atoms with Crippen LogP contribution in [0, 0.1) is 0 Å². The number of anilines is 2. The predicted molar refractivity (Wildman–Crippen MR) is 121 cm³/mol. The van der Waals surface area contributed by atoms with Crippen LogP contribution in [0.15, 0.2) is 24.3 Å². The van der Waals surface area contributed by atoms with Gasteiger partial charge in [0, 0.05) is 11.4 Å². The Morgan fingerprint density at radius 1 is 0.667 bits per heavy atom. The van der Waals surface area contributed by atoms with E-state index < -0.39 is 0 Å². The van der Waals surface area contributed by atoms with Gasteiger partial charge in [-0.2, -0.15) is 0 Å². The van der Waals surface area contributed by atoms with Gasteiger partial charge in [0.25, 0.3) is 0 Å². The summed E-state index contributed by atoms with van der Waals surface area (Å²) in [5.74, 6) is 0.863. The van der Waals surface area contributed by atoms with E-state index in [9.17, 15) is 0 Å². The lowest BCUT2D eigenvalue weighted by Gasteiger charge is -2.19. The molecule has 0 radical (unpaired) electrons. The summed E-state index contributed by atoms with van der Waals surface area (Å²) in [7, 11) is 0. The van der Waals surface area contributed by atoms with Crippen LogP contribution in [-0.4, -0.2) is 0 Å². The van der Waals surface area contributed by atoms with Crippen LogP contribution in [0.25, 0.3) is 0 Å². The van der Waals surface area contributed by atoms with Gasteiger partial charge in [0.1, 0.15) is 0 Å². The normalized spacial score (nSPS) is 10.7. The minimum absolute atomic E-state index is 0. The highest BCUT2D eigenvalue weighted by Gasteiger charge is 2.14. The lowest BCUT2D eigenvalue weighted by molar-refractivity contribution is 0.834. The average Bonchev–Trinajstić information content (AvgIpc) is 2.56. The number of rotatable bonds is 6. The lowest BCUT2D eigenvalue weighted by atomic mass is 9.88. The number of nitrogen functional groups attached to an aromatic ring is 2. The molecule has 2 aromatic carbocycles. The van der Waals surface area contributed by atoms with Crippen LogP contribution in [0.3, 0.4) is 0 Å². The van der Waals surface area contributed by atoms with Crippen molar-refractivity contribution in [2.24, 2.45) is 0 Å². The second-order valence-electron chi connectivity index (χ2n) is 7.71. The third kappa shape index (κ3) is 5.47. The molecule has 0 saturated heterocycles. The van der Waals surface area contributed by atoms with Gasteiger partial charge >= 0.3 is 0 Å². The molecule has 0 fully saturated rings. The van der Waals surface area contributed by atoms with Crippen molar-refractivity contribution in [3.8, 4) is 0 Å². The molecule has 0 spiro atoms. The fraction of sp³-hybridized carbons (Fsp3) is 0.478. The number of nitrogens with two attached hydrogens (primary N) is 2. The summed E-state index contributed by atoms with van der Waals surface area (Å²) < 4.78 is 0. The molecule has 0 unspecified atom stereocenters. The first-order valence-corrected chi connectivity index (χ1v) is 9.60. The van der Waals surface area contributed by atoms with Crippen LogP contribution in [0.1, 0.15) is 86.8 Å². The summed E-state index contributed by atoms with van der Waals surface area (Å²) in [6.07, 6.45) is 2.88. The molecular formula is C23H40N4. The van der Waals surface area contributed by atoms with Crippen LogP contribution in [0.4, 0.5) is 11.4 Å². The molecule has 2 aromatic rings. The highest BCUT2D eigenvalue weighted by molar-refractivity contribution is 5.60. The molecule has 0 aliphatic heterocycles. The predicted octanol–water partition coefficient (Wildman–Crippen LogP) is 6.14. The summed E-state index contributed by atoms with van der Waals surface area (Å²) in [6, 6.07) is 9.13. The Hall–Kier alpha value is -2.04. The molecule has 4 nitrogen and oxygen atoms in total. The molecule has 0 atom stereocenters. The maximum atomic E-state index is 6.44. The third-order valence-electron chi connectivity index (χ3n) is 5.13. The molecule has 0 heterocycles. The fourth-order valence-corrected chi connectivity index (χ4v) is 3.59. The number of hydrogen-bond donors (Lipinski definition) is 4. The topological polar surface area (TPSA) is 122 Å². The Bertz CT molecular complexity index is 694. The summed E-state index contributed by atoms with van der Waals surface area (Å²) in [6.45, 7) is 13.2. The Morgan fingerprint density at radius 2 is 1.04 bits per heavy atom. The molecule has 0 aliphatic carbocycles. The van der Waals surface area contributed by atoms with Gasteiger partial charge in [0.15, 0.2) is 0 Å².